The van der Waals surface area contributed by atoms with Crippen molar-refractivity contribution in [3.05, 3.63) is 389 Å². The molecule has 6 aromatic heterocycles. The Morgan fingerprint density at radius 3 is 1.05 bits per heavy atom. The van der Waals surface area contributed by atoms with E-state index in [4.69, 9.17) is 19.9 Å². The predicted molar refractivity (Wildman–Crippen MR) is 449 cm³/mol. The lowest BCUT2D eigenvalue weighted by Gasteiger charge is -2.12. The molecule has 22 rings (SSSR count). The van der Waals surface area contributed by atoms with Gasteiger partial charge in [-0.2, -0.15) is 0 Å². The summed E-state index contributed by atoms with van der Waals surface area (Å²) in [7, 11) is 0. The van der Waals surface area contributed by atoms with Gasteiger partial charge in [-0.1, -0.05) is 224 Å². The van der Waals surface area contributed by atoms with E-state index in [-0.39, 0.29) is 0 Å². The lowest BCUT2D eigenvalue weighted by atomic mass is 9.98. The van der Waals surface area contributed by atoms with Gasteiger partial charge in [-0.3, -0.25) is 0 Å². The van der Waals surface area contributed by atoms with Gasteiger partial charge in [-0.25, -0.2) is 19.9 Å². The van der Waals surface area contributed by atoms with Gasteiger partial charge in [0.2, 0.25) is 0 Å². The van der Waals surface area contributed by atoms with Crippen LogP contribution in [-0.4, -0.2) is 38.2 Å². The van der Waals surface area contributed by atoms with E-state index >= 15 is 0 Å². The summed E-state index contributed by atoms with van der Waals surface area (Å²) in [5.74, 6) is 1.41. The topological polar surface area (TPSA) is 71.3 Å². The number of benzene rings is 16. The van der Waals surface area contributed by atoms with Crippen molar-refractivity contribution in [2.45, 2.75) is 0 Å². The zero-order valence-electron chi connectivity index (χ0n) is 58.5. The maximum Gasteiger partial charge on any atom is 0.160 e. The fourth-order valence-electron chi connectivity index (χ4n) is 16.1. The Labute approximate surface area is 621 Å². The van der Waals surface area contributed by atoms with Crippen molar-refractivity contribution in [1.29, 1.82) is 0 Å². The first-order valence-electron chi connectivity index (χ1n) is 36.6. The first-order chi connectivity index (χ1) is 53.5. The summed E-state index contributed by atoms with van der Waals surface area (Å²) in [5.41, 5.74) is 24.1. The third-order valence-electron chi connectivity index (χ3n) is 21.5. The molecule has 0 aliphatic heterocycles. The highest BCUT2D eigenvalue weighted by Gasteiger charge is 2.21. The van der Waals surface area contributed by atoms with Crippen LogP contribution in [-0.2, 0) is 0 Å². The summed E-state index contributed by atoms with van der Waals surface area (Å²) >= 11 is 0. The zero-order chi connectivity index (χ0) is 71.2. The second-order valence-electron chi connectivity index (χ2n) is 27.8. The Bertz CT molecular complexity index is 7260. The van der Waals surface area contributed by atoms with Gasteiger partial charge in [-0.15, -0.1) is 0 Å². The lowest BCUT2D eigenvalue weighted by molar-refractivity contribution is 1.12. The second kappa shape index (κ2) is 25.7. The van der Waals surface area contributed by atoms with Gasteiger partial charge >= 0.3 is 0 Å². The van der Waals surface area contributed by atoms with Crippen LogP contribution >= 0.6 is 0 Å². The maximum absolute atomic E-state index is 5.25. The van der Waals surface area contributed by atoms with Gasteiger partial charge in [0.15, 0.2) is 11.6 Å². The molecular formula is C100H64N8. The average molecular weight is 1380 g/mol. The second-order valence-corrected chi connectivity index (χ2v) is 27.8. The Morgan fingerprint density at radius 1 is 0.176 bits per heavy atom. The van der Waals surface area contributed by atoms with Gasteiger partial charge < -0.3 is 18.3 Å². The van der Waals surface area contributed by atoms with Crippen molar-refractivity contribution in [2.75, 3.05) is 0 Å². The Morgan fingerprint density at radius 2 is 0.537 bits per heavy atom. The number of para-hydroxylation sites is 6. The summed E-state index contributed by atoms with van der Waals surface area (Å²) in [6.45, 7) is 0. The SMILES string of the molecule is c1ccc(-c2ccc3cc(-c4nc(-c5ccc(-n6c7ccccc7c7cc8ccn(-c9ccccc9)c8cc76)cc5)nc5ccccc45)ccc3c2)cc1.c1ccc(-n2ccc3cc4c5ccccc5n(-c5ccc(-c6nc(-c7ccc(-c8ccc9ccccc9c8)cc7)c7ccccc7n6)cc5)c4cc32)cc1. The molecule has 8 heteroatoms. The van der Waals surface area contributed by atoms with E-state index in [0.717, 1.165) is 78.2 Å². The molecule has 16 aromatic carbocycles. The number of aromatic nitrogens is 8. The molecule has 0 aliphatic rings. The van der Waals surface area contributed by atoms with Crippen LogP contribution in [0.1, 0.15) is 0 Å². The van der Waals surface area contributed by atoms with Crippen molar-refractivity contribution in [3.63, 3.8) is 0 Å². The molecule has 0 unspecified atom stereocenters. The molecule has 8 nitrogen and oxygen atoms in total. The molecule has 504 valence electrons. The molecule has 0 aliphatic carbocycles. The quantitative estimate of drug-likeness (QED) is 0.137. The lowest BCUT2D eigenvalue weighted by Crippen LogP contribution is -1.97. The minimum absolute atomic E-state index is 0.707. The summed E-state index contributed by atoms with van der Waals surface area (Å²) in [6.07, 6.45) is 4.33. The Kier molecular flexibility index (Phi) is 14.7. The van der Waals surface area contributed by atoms with Crippen LogP contribution in [0, 0.1) is 0 Å². The van der Waals surface area contributed by atoms with Crippen molar-refractivity contribution < 1.29 is 0 Å². The molecule has 0 radical (unpaired) electrons. The number of nitrogens with zero attached hydrogens (tertiary/aromatic N) is 8. The highest BCUT2D eigenvalue weighted by atomic mass is 15.0. The molecule has 0 bridgehead atoms. The molecule has 0 spiro atoms. The van der Waals surface area contributed by atoms with E-state index < -0.39 is 0 Å². The van der Waals surface area contributed by atoms with Gasteiger partial charge in [0, 0.05) is 100 Å². The maximum atomic E-state index is 5.25. The van der Waals surface area contributed by atoms with E-state index in [1.54, 1.807) is 0 Å². The van der Waals surface area contributed by atoms with E-state index in [0.29, 0.717) is 11.6 Å². The number of hydrogen-bond donors (Lipinski definition) is 0. The molecule has 0 saturated heterocycles. The largest absolute Gasteiger partial charge is 0.316 e. The van der Waals surface area contributed by atoms with E-state index in [2.05, 4.69) is 395 Å². The third kappa shape index (κ3) is 10.8. The molecule has 108 heavy (non-hydrogen) atoms. The monoisotopic (exact) mass is 1380 g/mol. The van der Waals surface area contributed by atoms with E-state index in [1.807, 2.05) is 12.1 Å². The van der Waals surface area contributed by atoms with Crippen LogP contribution in [0.3, 0.4) is 0 Å². The molecule has 0 N–H and O–H groups in total. The van der Waals surface area contributed by atoms with E-state index in [1.165, 1.54) is 109 Å². The minimum Gasteiger partial charge on any atom is -0.316 e. The molecule has 22 aromatic rings. The summed E-state index contributed by atoms with van der Waals surface area (Å²) in [6, 6.07) is 134. The number of fused-ring (bicyclic) bond motifs is 12. The normalized spacial score (nSPS) is 11.7. The van der Waals surface area contributed by atoms with Gasteiger partial charge in [-0.05, 0) is 195 Å². The molecule has 0 amide bonds. The van der Waals surface area contributed by atoms with Crippen LogP contribution in [0.15, 0.2) is 389 Å². The van der Waals surface area contributed by atoms with Gasteiger partial charge in [0.25, 0.3) is 0 Å². The van der Waals surface area contributed by atoms with Gasteiger partial charge in [0.1, 0.15) is 0 Å². The van der Waals surface area contributed by atoms with Crippen molar-refractivity contribution in [1.82, 2.24) is 38.2 Å². The van der Waals surface area contributed by atoms with Crippen LogP contribution in [0.25, 0.3) is 199 Å². The average Bonchev–Trinajstić information content (AvgIpc) is 1.58. The highest BCUT2D eigenvalue weighted by molar-refractivity contribution is 6.15. The van der Waals surface area contributed by atoms with Crippen LogP contribution in [0.5, 0.6) is 0 Å². The summed E-state index contributed by atoms with van der Waals surface area (Å²) in [5, 5.41) is 14.3. The molecule has 0 atom stereocenters. The van der Waals surface area contributed by atoms with Crippen molar-refractivity contribution in [2.24, 2.45) is 0 Å². The molecule has 0 saturated carbocycles. The predicted octanol–water partition coefficient (Wildman–Crippen LogP) is 25.7. The summed E-state index contributed by atoms with van der Waals surface area (Å²) < 4.78 is 9.29. The Hall–Kier alpha value is -14.6. The fraction of sp³-hybridized carbons (Fsp3) is 0. The smallest absolute Gasteiger partial charge is 0.160 e. The highest BCUT2D eigenvalue weighted by Crippen LogP contribution is 2.41. The molecule has 0 fully saturated rings. The van der Waals surface area contributed by atoms with Crippen LogP contribution in [0.4, 0.5) is 0 Å². The van der Waals surface area contributed by atoms with Crippen LogP contribution in [0.2, 0.25) is 0 Å². The van der Waals surface area contributed by atoms with Gasteiger partial charge in [0.05, 0.1) is 55.5 Å². The zero-order valence-corrected chi connectivity index (χ0v) is 58.5. The Balaban J connectivity index is 0.000000138. The fourth-order valence-corrected chi connectivity index (χ4v) is 16.1. The summed E-state index contributed by atoms with van der Waals surface area (Å²) in [4.78, 5) is 20.6. The first-order valence-corrected chi connectivity index (χ1v) is 36.6. The number of rotatable bonds is 10. The standard InChI is InChI=1S/2C50H32N4/c1-3-11-33(12-4-1)35-19-20-37-30-39(22-21-36(37)29-35)49-43-16-7-9-17-45(43)51-50(52-49)34-23-25-41(26-24-34)54-46-18-10-8-15-42(46)44-31-38-27-28-53(47(38)32-48(44)54)40-13-5-2-6-14-40;1-2-12-40(13-3-1)53-29-28-39-31-44-42-14-7-9-17-46(42)54(48(44)32-47(39)53)41-26-24-36(25-27-41)50-51-45-16-8-6-15-43(45)49(52-50)35-21-18-34(19-22-35)38-23-20-33-10-4-5-11-37(33)30-38/h2*1-32H. The third-order valence-corrected chi connectivity index (χ3v) is 21.5. The first kappa shape index (κ1) is 62.0. The van der Waals surface area contributed by atoms with Crippen molar-refractivity contribution >= 4 is 109 Å². The van der Waals surface area contributed by atoms with E-state index in [9.17, 15) is 0 Å². The molecule has 6 heterocycles. The minimum atomic E-state index is 0.707. The van der Waals surface area contributed by atoms with Crippen molar-refractivity contribution in [3.8, 4) is 90.3 Å². The molecular weight excluding hydrogens is 1310 g/mol. The van der Waals surface area contributed by atoms with Crippen LogP contribution < -0.4 is 0 Å². The number of hydrogen-bond acceptors (Lipinski definition) is 4.